The molecule has 0 bridgehead atoms. The molecule has 1 saturated heterocycles. The van der Waals surface area contributed by atoms with Crippen LogP contribution in [0.4, 0.5) is 11.4 Å². The van der Waals surface area contributed by atoms with E-state index >= 15 is 0 Å². The predicted molar refractivity (Wildman–Crippen MR) is 116 cm³/mol. The molecule has 1 aromatic heterocycles. The third-order valence-corrected chi connectivity index (χ3v) is 5.33. The Kier molecular flexibility index (Phi) is 5.51. The molecule has 3 aromatic rings. The Bertz CT molecular complexity index is 1040. The molecule has 1 fully saturated rings. The minimum atomic E-state index is -0.332. The smallest absolute Gasteiger partial charge is 0.273 e. The molecule has 0 radical (unpaired) electrons. The Hall–Kier alpha value is -3.28. The first-order chi connectivity index (χ1) is 14.1. The van der Waals surface area contributed by atoms with Gasteiger partial charge in [-0.15, -0.1) is 0 Å². The van der Waals surface area contributed by atoms with Crippen molar-refractivity contribution < 1.29 is 4.79 Å². The Balaban J connectivity index is 1.51. The van der Waals surface area contributed by atoms with Gasteiger partial charge in [0.05, 0.1) is 5.69 Å². The molecule has 0 saturated carbocycles. The fraction of sp³-hybridized carbons (Fsp3) is 0.304. The second-order valence-electron chi connectivity index (χ2n) is 7.58. The number of anilines is 2. The predicted octanol–water partition coefficient (Wildman–Crippen LogP) is 4.11. The van der Waals surface area contributed by atoms with Crippen molar-refractivity contribution in [2.45, 2.75) is 32.6 Å². The van der Waals surface area contributed by atoms with Crippen LogP contribution in [-0.2, 0) is 0 Å². The molecule has 2 heterocycles. The van der Waals surface area contributed by atoms with Gasteiger partial charge in [-0.3, -0.25) is 14.7 Å². The molecule has 0 atom stereocenters. The zero-order chi connectivity index (χ0) is 20.2. The van der Waals surface area contributed by atoms with E-state index in [1.165, 1.54) is 36.4 Å². The number of aromatic amines is 1. The van der Waals surface area contributed by atoms with Crippen LogP contribution in [0.1, 0.15) is 41.7 Å². The van der Waals surface area contributed by atoms with E-state index in [0.717, 1.165) is 30.0 Å². The van der Waals surface area contributed by atoms with Crippen LogP contribution in [0.25, 0.3) is 5.69 Å². The summed E-state index contributed by atoms with van der Waals surface area (Å²) >= 11 is 0. The first kappa shape index (κ1) is 19.1. The maximum Gasteiger partial charge on any atom is 0.273 e. The average Bonchev–Trinajstić information content (AvgIpc) is 2.93. The number of carbonyl (C=O) groups is 1. The monoisotopic (exact) mass is 390 g/mol. The molecule has 2 aromatic carbocycles. The topological polar surface area (TPSA) is 70.1 Å². The Morgan fingerprint density at radius 2 is 1.66 bits per heavy atom. The number of nitrogens with one attached hydrogen (secondary N) is 2. The minimum absolute atomic E-state index is 0.232. The summed E-state index contributed by atoms with van der Waals surface area (Å²) in [6.07, 6.45) is 4.95. The van der Waals surface area contributed by atoms with E-state index in [9.17, 15) is 9.59 Å². The van der Waals surface area contributed by atoms with Gasteiger partial charge in [-0.05, 0) is 50.1 Å². The Morgan fingerprint density at radius 1 is 0.931 bits per heavy atom. The molecule has 0 spiro atoms. The van der Waals surface area contributed by atoms with Crippen molar-refractivity contribution in [1.82, 2.24) is 9.78 Å². The SMILES string of the molecule is Cc1ccc(-n2[nH]c(C(=O)Nc3cccc(N4CCCCCC4)c3)cc2=O)cc1. The molecular weight excluding hydrogens is 364 g/mol. The lowest BCUT2D eigenvalue weighted by Gasteiger charge is -2.23. The largest absolute Gasteiger partial charge is 0.371 e. The Labute approximate surface area is 170 Å². The fourth-order valence-corrected chi connectivity index (χ4v) is 3.71. The summed E-state index contributed by atoms with van der Waals surface area (Å²) < 4.78 is 1.38. The van der Waals surface area contributed by atoms with Crippen LogP contribution < -0.4 is 15.8 Å². The number of carbonyl (C=O) groups excluding carboxylic acids is 1. The van der Waals surface area contributed by atoms with Crippen LogP contribution in [0.2, 0.25) is 0 Å². The molecule has 6 nitrogen and oxygen atoms in total. The minimum Gasteiger partial charge on any atom is -0.371 e. The van der Waals surface area contributed by atoms with Gasteiger partial charge in [-0.2, -0.15) is 0 Å². The van der Waals surface area contributed by atoms with Crippen LogP contribution >= 0.6 is 0 Å². The number of aromatic nitrogens is 2. The highest BCUT2D eigenvalue weighted by Crippen LogP contribution is 2.23. The summed E-state index contributed by atoms with van der Waals surface area (Å²) in [5.74, 6) is -0.332. The van der Waals surface area contributed by atoms with E-state index < -0.39 is 0 Å². The summed E-state index contributed by atoms with van der Waals surface area (Å²) in [6.45, 7) is 4.08. The first-order valence-electron chi connectivity index (χ1n) is 10.2. The van der Waals surface area contributed by atoms with Gasteiger partial charge in [-0.1, -0.05) is 36.6 Å². The number of hydrogen-bond donors (Lipinski definition) is 2. The lowest BCUT2D eigenvalue weighted by atomic mass is 10.2. The number of amides is 1. The molecule has 29 heavy (non-hydrogen) atoms. The normalized spacial score (nSPS) is 14.4. The summed E-state index contributed by atoms with van der Waals surface area (Å²) in [4.78, 5) is 27.4. The molecule has 1 aliphatic heterocycles. The molecule has 4 rings (SSSR count). The molecular formula is C23H26N4O2. The third kappa shape index (κ3) is 4.42. The third-order valence-electron chi connectivity index (χ3n) is 5.33. The number of aryl methyl sites for hydroxylation is 1. The lowest BCUT2D eigenvalue weighted by molar-refractivity contribution is 0.102. The molecule has 2 N–H and O–H groups in total. The number of rotatable bonds is 4. The van der Waals surface area contributed by atoms with E-state index in [4.69, 9.17) is 0 Å². The van der Waals surface area contributed by atoms with Gasteiger partial charge < -0.3 is 10.2 Å². The van der Waals surface area contributed by atoms with E-state index in [1.807, 2.05) is 49.4 Å². The maximum atomic E-state index is 12.7. The van der Waals surface area contributed by atoms with Crippen LogP contribution in [0.3, 0.4) is 0 Å². The highest BCUT2D eigenvalue weighted by Gasteiger charge is 2.14. The number of nitrogens with zero attached hydrogens (tertiary/aromatic N) is 2. The number of H-pyrrole nitrogens is 1. The number of hydrogen-bond acceptors (Lipinski definition) is 3. The van der Waals surface area contributed by atoms with Crippen LogP contribution in [-0.4, -0.2) is 28.8 Å². The van der Waals surface area contributed by atoms with Gasteiger partial charge in [0, 0.05) is 30.5 Å². The summed E-state index contributed by atoms with van der Waals surface area (Å²) in [5.41, 5.74) is 3.61. The van der Waals surface area contributed by atoms with Crippen molar-refractivity contribution in [3.63, 3.8) is 0 Å². The van der Waals surface area contributed by atoms with Crippen LogP contribution in [0.5, 0.6) is 0 Å². The van der Waals surface area contributed by atoms with E-state index in [1.54, 1.807) is 0 Å². The zero-order valence-corrected chi connectivity index (χ0v) is 16.6. The Morgan fingerprint density at radius 3 is 2.38 bits per heavy atom. The number of benzene rings is 2. The van der Waals surface area contributed by atoms with Gasteiger partial charge in [0.15, 0.2) is 0 Å². The standard InChI is InChI=1S/C23H26N4O2/c1-17-9-11-19(12-10-17)27-22(28)16-21(25-27)23(29)24-18-7-6-8-20(15-18)26-13-4-2-3-5-14-26/h6-12,15-16,25H,2-5,13-14H2,1H3,(H,24,29). The lowest BCUT2D eigenvalue weighted by Crippen LogP contribution is -2.24. The van der Waals surface area contributed by atoms with Crippen LogP contribution in [0.15, 0.2) is 59.4 Å². The molecule has 1 amide bonds. The summed E-state index contributed by atoms with van der Waals surface area (Å²) in [5, 5.41) is 5.81. The second kappa shape index (κ2) is 8.39. The molecule has 0 aliphatic carbocycles. The molecule has 0 unspecified atom stereocenters. The van der Waals surface area contributed by atoms with Crippen molar-refractivity contribution >= 4 is 17.3 Å². The zero-order valence-electron chi connectivity index (χ0n) is 16.6. The molecule has 150 valence electrons. The summed E-state index contributed by atoms with van der Waals surface area (Å²) in [7, 11) is 0. The highest BCUT2D eigenvalue weighted by atomic mass is 16.2. The van der Waals surface area contributed by atoms with E-state index in [0.29, 0.717) is 5.69 Å². The van der Waals surface area contributed by atoms with E-state index in [2.05, 4.69) is 21.4 Å². The molecule has 1 aliphatic rings. The van der Waals surface area contributed by atoms with Gasteiger partial charge in [-0.25, -0.2) is 4.68 Å². The fourth-order valence-electron chi connectivity index (χ4n) is 3.71. The van der Waals surface area contributed by atoms with Gasteiger partial charge >= 0.3 is 0 Å². The van der Waals surface area contributed by atoms with Crippen molar-refractivity contribution in [2.24, 2.45) is 0 Å². The maximum absolute atomic E-state index is 12.7. The highest BCUT2D eigenvalue weighted by molar-refractivity contribution is 6.03. The van der Waals surface area contributed by atoms with E-state index in [-0.39, 0.29) is 17.2 Å². The average molecular weight is 390 g/mol. The van der Waals surface area contributed by atoms with Gasteiger partial charge in [0.25, 0.3) is 11.5 Å². The summed E-state index contributed by atoms with van der Waals surface area (Å²) in [6, 6.07) is 16.8. The van der Waals surface area contributed by atoms with Crippen molar-refractivity contribution in [2.75, 3.05) is 23.3 Å². The van der Waals surface area contributed by atoms with Crippen molar-refractivity contribution in [1.29, 1.82) is 0 Å². The van der Waals surface area contributed by atoms with Gasteiger partial charge in [0.1, 0.15) is 5.69 Å². The van der Waals surface area contributed by atoms with Crippen molar-refractivity contribution in [3.05, 3.63) is 76.2 Å². The van der Waals surface area contributed by atoms with Gasteiger partial charge in [0.2, 0.25) is 0 Å². The van der Waals surface area contributed by atoms with Crippen LogP contribution in [0, 0.1) is 6.92 Å². The quantitative estimate of drug-likeness (QED) is 0.704. The van der Waals surface area contributed by atoms with Crippen molar-refractivity contribution in [3.8, 4) is 5.69 Å². The second-order valence-corrected chi connectivity index (χ2v) is 7.58. The molecule has 6 heteroatoms. The first-order valence-corrected chi connectivity index (χ1v) is 10.2.